The minimum atomic E-state index is -0.540. The molecule has 0 radical (unpaired) electrons. The van der Waals surface area contributed by atoms with Gasteiger partial charge < -0.3 is 16.4 Å². The molecule has 0 aliphatic carbocycles. The van der Waals surface area contributed by atoms with Gasteiger partial charge >= 0.3 is 0 Å². The molecule has 0 aliphatic heterocycles. The van der Waals surface area contributed by atoms with Gasteiger partial charge in [0, 0.05) is 17.6 Å². The molecule has 6 heteroatoms. The van der Waals surface area contributed by atoms with Gasteiger partial charge in [0.05, 0.1) is 10.7 Å². The number of anilines is 3. The van der Waals surface area contributed by atoms with Gasteiger partial charge in [-0.05, 0) is 41.1 Å². The largest absolute Gasteiger partial charge is 0.398 e. The van der Waals surface area contributed by atoms with E-state index in [1.54, 1.807) is 12.1 Å². The van der Waals surface area contributed by atoms with Crippen LogP contribution < -0.4 is 16.4 Å². The number of nitriles is 1. The van der Waals surface area contributed by atoms with Gasteiger partial charge in [0.25, 0.3) is 5.91 Å². The molecule has 0 spiro atoms. The predicted octanol–water partition coefficient (Wildman–Crippen LogP) is 4.53. The fourth-order valence-corrected chi connectivity index (χ4v) is 2.57. The minimum absolute atomic E-state index is 0.0638. The van der Waals surface area contributed by atoms with E-state index >= 15 is 0 Å². The predicted molar refractivity (Wildman–Crippen MR) is 106 cm³/mol. The third-order valence-electron chi connectivity index (χ3n) is 3.76. The number of carbonyl (C=O) groups excluding carboxylic acids is 1. The first kappa shape index (κ1) is 17.3. The monoisotopic (exact) mass is 362 g/mol. The van der Waals surface area contributed by atoms with Crippen molar-refractivity contribution >= 4 is 45.3 Å². The van der Waals surface area contributed by atoms with E-state index in [-0.39, 0.29) is 5.57 Å². The second-order valence-corrected chi connectivity index (χ2v) is 5.97. The van der Waals surface area contributed by atoms with Crippen molar-refractivity contribution in [1.29, 1.82) is 5.26 Å². The van der Waals surface area contributed by atoms with Gasteiger partial charge in [-0.15, -0.1) is 0 Å². The molecule has 1 amide bonds. The van der Waals surface area contributed by atoms with E-state index in [0.29, 0.717) is 16.4 Å². The maximum Gasteiger partial charge on any atom is 0.267 e. The summed E-state index contributed by atoms with van der Waals surface area (Å²) in [5.41, 5.74) is 7.23. The van der Waals surface area contributed by atoms with Crippen molar-refractivity contribution in [1.82, 2.24) is 0 Å². The van der Waals surface area contributed by atoms with E-state index in [1.165, 1.54) is 12.3 Å². The molecule has 0 heterocycles. The lowest BCUT2D eigenvalue weighted by atomic mass is 10.1. The molecule has 5 nitrogen and oxygen atoms in total. The summed E-state index contributed by atoms with van der Waals surface area (Å²) in [5.74, 6) is -0.540. The Morgan fingerprint density at radius 2 is 1.77 bits per heavy atom. The molecular weight excluding hydrogens is 348 g/mol. The highest BCUT2D eigenvalue weighted by molar-refractivity contribution is 6.33. The summed E-state index contributed by atoms with van der Waals surface area (Å²) >= 11 is 5.93. The van der Waals surface area contributed by atoms with Gasteiger partial charge in [-0.1, -0.05) is 41.9 Å². The van der Waals surface area contributed by atoms with Crippen LogP contribution in [0.1, 0.15) is 0 Å². The first-order chi connectivity index (χ1) is 12.6. The lowest BCUT2D eigenvalue weighted by Gasteiger charge is -2.07. The first-order valence-corrected chi connectivity index (χ1v) is 8.16. The zero-order valence-corrected chi connectivity index (χ0v) is 14.4. The Labute approximate surface area is 155 Å². The number of carbonyl (C=O) groups is 1. The standard InChI is InChI=1S/C20H15ClN4O/c21-18-10-17(7-8-19(18)23)25-20(26)15(11-22)12-24-16-6-5-13-3-1-2-4-14(13)9-16/h1-10,12,24H,23H2,(H,25,26)/b15-12-. The Balaban J connectivity index is 1.75. The lowest BCUT2D eigenvalue weighted by molar-refractivity contribution is -0.112. The Morgan fingerprint density at radius 1 is 1.04 bits per heavy atom. The quantitative estimate of drug-likeness (QED) is 0.361. The summed E-state index contributed by atoms with van der Waals surface area (Å²) in [6, 6.07) is 20.3. The molecule has 0 bridgehead atoms. The molecule has 26 heavy (non-hydrogen) atoms. The van der Waals surface area contributed by atoms with Crippen molar-refractivity contribution in [3.05, 3.63) is 77.5 Å². The SMILES string of the molecule is N#C/C(=C/Nc1ccc2ccccc2c1)C(=O)Nc1ccc(N)c(Cl)c1. The van der Waals surface area contributed by atoms with Crippen LogP contribution in [0.4, 0.5) is 17.1 Å². The molecule has 0 atom stereocenters. The summed E-state index contributed by atoms with van der Waals surface area (Å²) in [7, 11) is 0. The zero-order chi connectivity index (χ0) is 18.5. The molecule has 4 N–H and O–H groups in total. The van der Waals surface area contributed by atoms with Crippen molar-refractivity contribution in [3.63, 3.8) is 0 Å². The number of nitrogen functional groups attached to an aromatic ring is 1. The Morgan fingerprint density at radius 3 is 2.50 bits per heavy atom. The Bertz CT molecular complexity index is 1050. The number of nitrogens with zero attached hydrogens (tertiary/aromatic N) is 1. The molecular formula is C20H15ClN4O. The molecule has 3 rings (SSSR count). The highest BCUT2D eigenvalue weighted by Crippen LogP contribution is 2.23. The van der Waals surface area contributed by atoms with Crippen LogP contribution in [-0.4, -0.2) is 5.91 Å². The molecule has 0 unspecified atom stereocenters. The van der Waals surface area contributed by atoms with E-state index in [4.69, 9.17) is 17.3 Å². The van der Waals surface area contributed by atoms with E-state index < -0.39 is 5.91 Å². The maximum atomic E-state index is 12.3. The van der Waals surface area contributed by atoms with E-state index in [2.05, 4.69) is 10.6 Å². The highest BCUT2D eigenvalue weighted by Gasteiger charge is 2.10. The number of hydrogen-bond acceptors (Lipinski definition) is 4. The minimum Gasteiger partial charge on any atom is -0.398 e. The average molecular weight is 363 g/mol. The van der Waals surface area contributed by atoms with E-state index in [0.717, 1.165) is 16.5 Å². The van der Waals surface area contributed by atoms with Crippen LogP contribution in [0.2, 0.25) is 5.02 Å². The van der Waals surface area contributed by atoms with Crippen LogP contribution in [0.15, 0.2) is 72.4 Å². The fraction of sp³-hybridized carbons (Fsp3) is 0. The van der Waals surface area contributed by atoms with Crippen LogP contribution in [0.25, 0.3) is 10.8 Å². The summed E-state index contributed by atoms with van der Waals surface area (Å²) < 4.78 is 0. The van der Waals surface area contributed by atoms with Crippen LogP contribution in [-0.2, 0) is 4.79 Å². The number of fused-ring (bicyclic) bond motifs is 1. The molecule has 0 saturated heterocycles. The smallest absolute Gasteiger partial charge is 0.267 e. The van der Waals surface area contributed by atoms with Gasteiger partial charge in [0.15, 0.2) is 0 Å². The Kier molecular flexibility index (Phi) is 5.07. The van der Waals surface area contributed by atoms with Crippen molar-refractivity contribution in [3.8, 4) is 6.07 Å². The van der Waals surface area contributed by atoms with Crippen molar-refractivity contribution in [2.45, 2.75) is 0 Å². The molecule has 0 aliphatic rings. The van der Waals surface area contributed by atoms with E-state index in [9.17, 15) is 10.1 Å². The maximum absolute atomic E-state index is 12.3. The number of nitrogens with one attached hydrogen (secondary N) is 2. The summed E-state index contributed by atoms with van der Waals surface area (Å²) in [6.45, 7) is 0. The average Bonchev–Trinajstić information content (AvgIpc) is 2.65. The number of amides is 1. The molecule has 0 aromatic heterocycles. The van der Waals surface area contributed by atoms with Crippen LogP contribution in [0.3, 0.4) is 0 Å². The second-order valence-electron chi connectivity index (χ2n) is 5.57. The number of hydrogen-bond donors (Lipinski definition) is 3. The van der Waals surface area contributed by atoms with Crippen molar-refractivity contribution in [2.24, 2.45) is 0 Å². The van der Waals surface area contributed by atoms with Gasteiger partial charge in [0.1, 0.15) is 11.6 Å². The third-order valence-corrected chi connectivity index (χ3v) is 4.08. The summed E-state index contributed by atoms with van der Waals surface area (Å²) in [4.78, 5) is 12.3. The summed E-state index contributed by atoms with van der Waals surface area (Å²) in [6.07, 6.45) is 1.37. The molecule has 0 saturated carbocycles. The van der Waals surface area contributed by atoms with Crippen LogP contribution in [0.5, 0.6) is 0 Å². The Hall–Kier alpha value is -3.49. The fourth-order valence-electron chi connectivity index (χ4n) is 2.39. The van der Waals surface area contributed by atoms with Crippen LogP contribution in [0, 0.1) is 11.3 Å². The van der Waals surface area contributed by atoms with Gasteiger partial charge in [-0.25, -0.2) is 0 Å². The van der Waals surface area contributed by atoms with Crippen LogP contribution >= 0.6 is 11.6 Å². The van der Waals surface area contributed by atoms with Gasteiger partial charge in [0.2, 0.25) is 0 Å². The van der Waals surface area contributed by atoms with Gasteiger partial charge in [-0.3, -0.25) is 4.79 Å². The number of benzene rings is 3. The first-order valence-electron chi connectivity index (χ1n) is 7.79. The normalized spacial score (nSPS) is 11.0. The molecule has 3 aromatic rings. The highest BCUT2D eigenvalue weighted by atomic mass is 35.5. The number of nitrogens with two attached hydrogens (primary N) is 1. The zero-order valence-electron chi connectivity index (χ0n) is 13.7. The molecule has 0 fully saturated rings. The topological polar surface area (TPSA) is 90.9 Å². The second kappa shape index (κ2) is 7.60. The van der Waals surface area contributed by atoms with Crippen molar-refractivity contribution < 1.29 is 4.79 Å². The number of halogens is 1. The van der Waals surface area contributed by atoms with Gasteiger partial charge in [-0.2, -0.15) is 5.26 Å². The van der Waals surface area contributed by atoms with E-state index in [1.807, 2.05) is 48.5 Å². The lowest BCUT2D eigenvalue weighted by Crippen LogP contribution is -2.14. The molecule has 3 aromatic carbocycles. The summed E-state index contributed by atoms with van der Waals surface area (Å²) in [5, 5.41) is 17.4. The van der Waals surface area contributed by atoms with Crippen molar-refractivity contribution in [2.75, 3.05) is 16.4 Å². The molecule has 128 valence electrons. The number of rotatable bonds is 4. The third kappa shape index (κ3) is 3.94.